The van der Waals surface area contributed by atoms with E-state index in [4.69, 9.17) is 21.3 Å². The van der Waals surface area contributed by atoms with Gasteiger partial charge in [-0.05, 0) is 73.9 Å². The first-order valence-electron chi connectivity index (χ1n) is 11.1. The zero-order valence-electron chi connectivity index (χ0n) is 19.2. The molecule has 1 N–H and O–H groups in total. The van der Waals surface area contributed by atoms with Gasteiger partial charge in [0.25, 0.3) is 5.91 Å². The molecule has 3 aromatic carbocycles. The molecule has 1 heterocycles. The number of para-hydroxylation sites is 2. The summed E-state index contributed by atoms with van der Waals surface area (Å²) in [6.45, 7) is 7.64. The molecule has 0 aliphatic rings. The van der Waals surface area contributed by atoms with E-state index in [9.17, 15) is 4.79 Å². The quantitative estimate of drug-likeness (QED) is 0.382. The third-order valence-electron chi connectivity index (χ3n) is 5.74. The van der Waals surface area contributed by atoms with Crippen LogP contribution in [0.15, 0.2) is 60.7 Å². The first-order chi connectivity index (χ1) is 15.9. The summed E-state index contributed by atoms with van der Waals surface area (Å²) in [7, 11) is 0. The van der Waals surface area contributed by atoms with Gasteiger partial charge in [-0.25, -0.2) is 4.98 Å². The van der Waals surface area contributed by atoms with Crippen molar-refractivity contribution in [3.8, 4) is 5.75 Å². The zero-order valence-corrected chi connectivity index (χ0v) is 19.9. The number of amides is 1. The second-order valence-electron chi connectivity index (χ2n) is 8.32. The maximum atomic E-state index is 12.3. The molecule has 1 aromatic heterocycles. The first kappa shape index (κ1) is 22.9. The van der Waals surface area contributed by atoms with Gasteiger partial charge in [-0.3, -0.25) is 4.79 Å². The van der Waals surface area contributed by atoms with E-state index in [0.29, 0.717) is 23.7 Å². The van der Waals surface area contributed by atoms with Crippen molar-refractivity contribution in [2.75, 3.05) is 13.2 Å². The SMILES string of the molecule is Cc1cc(C)c(Cn2c(CCNC(=O)COc3ccc(Cl)cc3)nc3ccccc32)c(C)c1. The smallest absolute Gasteiger partial charge is 0.257 e. The molecule has 0 spiro atoms. The van der Waals surface area contributed by atoms with Crippen LogP contribution in [0, 0.1) is 20.8 Å². The van der Waals surface area contributed by atoms with E-state index in [1.807, 2.05) is 18.2 Å². The lowest BCUT2D eigenvalue weighted by atomic mass is 9.99. The lowest BCUT2D eigenvalue weighted by molar-refractivity contribution is -0.123. The predicted molar refractivity (Wildman–Crippen MR) is 133 cm³/mol. The molecule has 170 valence electrons. The zero-order chi connectivity index (χ0) is 23.4. The van der Waals surface area contributed by atoms with Crippen LogP contribution >= 0.6 is 11.6 Å². The molecule has 5 nitrogen and oxygen atoms in total. The molecule has 0 unspecified atom stereocenters. The largest absolute Gasteiger partial charge is 0.484 e. The van der Waals surface area contributed by atoms with E-state index in [1.54, 1.807) is 24.3 Å². The highest BCUT2D eigenvalue weighted by atomic mass is 35.5. The van der Waals surface area contributed by atoms with Gasteiger partial charge < -0.3 is 14.6 Å². The summed E-state index contributed by atoms with van der Waals surface area (Å²) in [5.74, 6) is 1.40. The van der Waals surface area contributed by atoms with Gasteiger partial charge in [0.15, 0.2) is 6.61 Å². The van der Waals surface area contributed by atoms with Crippen LogP contribution in [0.1, 0.15) is 28.1 Å². The molecule has 0 aliphatic heterocycles. The summed E-state index contributed by atoms with van der Waals surface area (Å²) in [6.07, 6.45) is 0.630. The fraction of sp³-hybridized carbons (Fsp3) is 0.259. The van der Waals surface area contributed by atoms with Gasteiger partial charge in [-0.1, -0.05) is 41.4 Å². The summed E-state index contributed by atoms with van der Waals surface area (Å²) in [4.78, 5) is 17.1. The van der Waals surface area contributed by atoms with Gasteiger partial charge in [0.2, 0.25) is 0 Å². The number of carbonyl (C=O) groups is 1. The van der Waals surface area contributed by atoms with E-state index in [-0.39, 0.29) is 12.5 Å². The summed E-state index contributed by atoms with van der Waals surface area (Å²) < 4.78 is 7.78. The number of hydrogen-bond donors (Lipinski definition) is 1. The van der Waals surface area contributed by atoms with Gasteiger partial charge >= 0.3 is 0 Å². The summed E-state index contributed by atoms with van der Waals surface area (Å²) in [6, 6.07) is 19.6. The van der Waals surface area contributed by atoms with Crippen molar-refractivity contribution in [1.82, 2.24) is 14.9 Å². The molecule has 4 rings (SSSR count). The van der Waals surface area contributed by atoms with E-state index in [2.05, 4.69) is 48.9 Å². The number of ether oxygens (including phenoxy) is 1. The second-order valence-corrected chi connectivity index (χ2v) is 8.76. The molecule has 4 aromatic rings. The van der Waals surface area contributed by atoms with E-state index in [1.165, 1.54) is 22.3 Å². The molecule has 0 aliphatic carbocycles. The van der Waals surface area contributed by atoms with Gasteiger partial charge in [-0.15, -0.1) is 0 Å². The van der Waals surface area contributed by atoms with Crippen molar-refractivity contribution in [1.29, 1.82) is 0 Å². The lowest BCUT2D eigenvalue weighted by Gasteiger charge is -2.15. The Morgan fingerprint density at radius 3 is 2.45 bits per heavy atom. The highest BCUT2D eigenvalue weighted by Gasteiger charge is 2.14. The maximum Gasteiger partial charge on any atom is 0.257 e. The van der Waals surface area contributed by atoms with E-state index < -0.39 is 0 Å². The molecule has 0 saturated carbocycles. The number of halogens is 1. The summed E-state index contributed by atoms with van der Waals surface area (Å²) in [5.41, 5.74) is 7.21. The number of fused-ring (bicyclic) bond motifs is 1. The minimum Gasteiger partial charge on any atom is -0.484 e. The number of aromatic nitrogens is 2. The van der Waals surface area contributed by atoms with Gasteiger partial charge in [0.1, 0.15) is 11.6 Å². The van der Waals surface area contributed by atoms with Crippen LogP contribution in [0.25, 0.3) is 11.0 Å². The van der Waals surface area contributed by atoms with Crippen molar-refractivity contribution in [2.24, 2.45) is 0 Å². The number of carbonyl (C=O) groups excluding carboxylic acids is 1. The number of nitrogens with one attached hydrogen (secondary N) is 1. The molecule has 0 radical (unpaired) electrons. The molecule has 1 amide bonds. The maximum absolute atomic E-state index is 12.3. The molecule has 0 bridgehead atoms. The average Bonchev–Trinajstić information content (AvgIpc) is 3.13. The lowest BCUT2D eigenvalue weighted by Crippen LogP contribution is -2.31. The highest BCUT2D eigenvalue weighted by Crippen LogP contribution is 2.23. The Kier molecular flexibility index (Phi) is 6.99. The van der Waals surface area contributed by atoms with Crippen LogP contribution in [-0.4, -0.2) is 28.6 Å². The number of imidazole rings is 1. The third-order valence-corrected chi connectivity index (χ3v) is 6.00. The van der Waals surface area contributed by atoms with Crippen molar-refractivity contribution in [3.05, 3.63) is 93.8 Å². The number of aryl methyl sites for hydroxylation is 3. The van der Waals surface area contributed by atoms with Crippen molar-refractivity contribution in [3.63, 3.8) is 0 Å². The predicted octanol–water partition coefficient (Wildman–Crippen LogP) is 5.40. The fourth-order valence-electron chi connectivity index (χ4n) is 4.15. The highest BCUT2D eigenvalue weighted by molar-refractivity contribution is 6.30. The molecule has 0 saturated heterocycles. The Morgan fingerprint density at radius 1 is 1.03 bits per heavy atom. The van der Waals surface area contributed by atoms with Crippen LogP contribution in [0.4, 0.5) is 0 Å². The Hall–Kier alpha value is -3.31. The Labute approximate surface area is 199 Å². The van der Waals surface area contributed by atoms with Gasteiger partial charge in [0, 0.05) is 24.5 Å². The number of nitrogens with zero attached hydrogens (tertiary/aromatic N) is 2. The standard InChI is InChI=1S/C27H28ClN3O2/c1-18-14-19(2)23(20(3)15-18)16-31-25-7-5-4-6-24(25)30-26(31)12-13-29-27(32)17-33-22-10-8-21(28)9-11-22/h4-11,14-15H,12-13,16-17H2,1-3H3,(H,29,32). The van der Waals surface area contributed by atoms with Crippen molar-refractivity contribution in [2.45, 2.75) is 33.7 Å². The molecular formula is C27H28ClN3O2. The summed E-state index contributed by atoms with van der Waals surface area (Å²) >= 11 is 5.88. The van der Waals surface area contributed by atoms with E-state index in [0.717, 1.165) is 23.4 Å². The van der Waals surface area contributed by atoms with Crippen LogP contribution in [0.3, 0.4) is 0 Å². The van der Waals surface area contributed by atoms with Crippen molar-refractivity contribution >= 4 is 28.5 Å². The average molecular weight is 462 g/mol. The minimum absolute atomic E-state index is 0.0419. The number of benzene rings is 3. The second kappa shape index (κ2) is 10.1. The Morgan fingerprint density at radius 2 is 1.73 bits per heavy atom. The van der Waals surface area contributed by atoms with Gasteiger partial charge in [-0.2, -0.15) is 0 Å². The molecule has 33 heavy (non-hydrogen) atoms. The molecule has 0 atom stereocenters. The third kappa shape index (κ3) is 5.55. The normalized spacial score (nSPS) is 11.0. The van der Waals surface area contributed by atoms with Crippen LogP contribution in [0.5, 0.6) is 5.75 Å². The Bertz CT molecular complexity index is 1260. The van der Waals surface area contributed by atoms with Crippen LogP contribution in [-0.2, 0) is 17.8 Å². The monoisotopic (exact) mass is 461 g/mol. The van der Waals surface area contributed by atoms with Crippen molar-refractivity contribution < 1.29 is 9.53 Å². The fourth-order valence-corrected chi connectivity index (χ4v) is 4.28. The Balaban J connectivity index is 1.44. The van der Waals surface area contributed by atoms with Crippen LogP contribution < -0.4 is 10.1 Å². The summed E-state index contributed by atoms with van der Waals surface area (Å²) in [5, 5.41) is 3.57. The molecule has 6 heteroatoms. The van der Waals surface area contributed by atoms with E-state index >= 15 is 0 Å². The topological polar surface area (TPSA) is 56.2 Å². The minimum atomic E-state index is -0.169. The number of rotatable bonds is 8. The van der Waals surface area contributed by atoms with Crippen LogP contribution in [0.2, 0.25) is 5.02 Å². The van der Waals surface area contributed by atoms with Gasteiger partial charge in [0.05, 0.1) is 11.0 Å². The number of hydrogen-bond acceptors (Lipinski definition) is 3. The molecular weight excluding hydrogens is 434 g/mol. The first-order valence-corrected chi connectivity index (χ1v) is 11.4. The molecule has 0 fully saturated rings.